The lowest BCUT2D eigenvalue weighted by Gasteiger charge is -2.36. The Morgan fingerprint density at radius 1 is 1.43 bits per heavy atom. The van der Waals surface area contributed by atoms with Crippen LogP contribution in [0.25, 0.3) is 0 Å². The summed E-state index contributed by atoms with van der Waals surface area (Å²) in [5.74, 6) is 0.00528. The Kier molecular flexibility index (Phi) is 6.54. The molecule has 0 aliphatic carbocycles. The predicted molar refractivity (Wildman–Crippen MR) is 102 cm³/mol. The molecule has 2 saturated heterocycles. The minimum atomic E-state index is -0.618. The van der Waals surface area contributed by atoms with Crippen molar-refractivity contribution in [3.63, 3.8) is 0 Å². The van der Waals surface area contributed by atoms with Gasteiger partial charge in [0.25, 0.3) is 0 Å². The number of likely N-dealkylation sites (tertiary alicyclic amines) is 1. The maximum absolute atomic E-state index is 14.4. The van der Waals surface area contributed by atoms with E-state index in [9.17, 15) is 19.1 Å². The Labute approximate surface area is 165 Å². The average Bonchev–Trinajstić information content (AvgIpc) is 3.08. The van der Waals surface area contributed by atoms with Crippen molar-refractivity contribution in [1.29, 1.82) is 0 Å². The number of piperidine rings is 1. The van der Waals surface area contributed by atoms with Crippen LogP contribution in [0, 0.1) is 5.82 Å². The van der Waals surface area contributed by atoms with Gasteiger partial charge in [-0.05, 0) is 50.2 Å². The first kappa shape index (κ1) is 20.6. The van der Waals surface area contributed by atoms with E-state index in [4.69, 9.17) is 4.74 Å². The van der Waals surface area contributed by atoms with Gasteiger partial charge in [-0.3, -0.25) is 9.59 Å². The van der Waals surface area contributed by atoms with Crippen molar-refractivity contribution in [3.8, 4) is 5.75 Å². The predicted octanol–water partition coefficient (Wildman–Crippen LogP) is 2.18. The molecule has 28 heavy (non-hydrogen) atoms. The Morgan fingerprint density at radius 2 is 2.25 bits per heavy atom. The van der Waals surface area contributed by atoms with Gasteiger partial charge in [-0.15, -0.1) is 0 Å². The van der Waals surface area contributed by atoms with Gasteiger partial charge in [-0.2, -0.15) is 0 Å². The molecule has 0 bridgehead atoms. The largest absolute Gasteiger partial charge is 0.497 e. The van der Waals surface area contributed by atoms with E-state index in [2.05, 4.69) is 5.32 Å². The monoisotopic (exact) mass is 392 g/mol. The summed E-state index contributed by atoms with van der Waals surface area (Å²) < 4.78 is 19.5. The molecule has 1 aromatic carbocycles. The quantitative estimate of drug-likeness (QED) is 0.746. The van der Waals surface area contributed by atoms with Gasteiger partial charge >= 0.3 is 0 Å². The Morgan fingerprint density at radius 3 is 2.89 bits per heavy atom. The summed E-state index contributed by atoms with van der Waals surface area (Å²) >= 11 is 0. The van der Waals surface area contributed by atoms with Crippen molar-refractivity contribution in [2.75, 3.05) is 20.3 Å². The van der Waals surface area contributed by atoms with Crippen molar-refractivity contribution >= 4 is 11.8 Å². The minimum absolute atomic E-state index is 0.00511. The van der Waals surface area contributed by atoms with Crippen molar-refractivity contribution < 1.29 is 23.8 Å². The van der Waals surface area contributed by atoms with Crippen molar-refractivity contribution in [3.05, 3.63) is 29.6 Å². The van der Waals surface area contributed by atoms with Crippen molar-refractivity contribution in [2.24, 2.45) is 0 Å². The topological polar surface area (TPSA) is 78.9 Å². The first-order chi connectivity index (χ1) is 13.5. The molecule has 3 rings (SSSR count). The molecular weight excluding hydrogens is 363 g/mol. The highest BCUT2D eigenvalue weighted by Crippen LogP contribution is 2.32. The van der Waals surface area contributed by atoms with Crippen molar-refractivity contribution in [2.45, 2.75) is 62.9 Å². The van der Waals surface area contributed by atoms with Crippen LogP contribution in [0.1, 0.15) is 50.5 Å². The maximum atomic E-state index is 14.4. The molecule has 0 spiro atoms. The summed E-state index contributed by atoms with van der Waals surface area (Å²) in [4.78, 5) is 26.5. The molecule has 6 nitrogen and oxygen atoms in total. The number of nitrogens with one attached hydrogen (secondary N) is 1. The van der Waals surface area contributed by atoms with Crippen LogP contribution in [-0.2, 0) is 16.0 Å². The van der Waals surface area contributed by atoms with Gasteiger partial charge in [-0.25, -0.2) is 4.39 Å². The number of benzene rings is 1. The van der Waals surface area contributed by atoms with Crippen LogP contribution in [-0.4, -0.2) is 53.7 Å². The molecule has 2 amide bonds. The Balaban J connectivity index is 1.70. The third-order valence-electron chi connectivity index (χ3n) is 6.00. The molecule has 2 aliphatic rings. The number of hydrogen-bond donors (Lipinski definition) is 2. The number of ether oxygens (including phenoxy) is 1. The number of amides is 2. The smallest absolute Gasteiger partial charge is 0.222 e. The van der Waals surface area contributed by atoms with Crippen LogP contribution < -0.4 is 10.1 Å². The third-order valence-corrected chi connectivity index (χ3v) is 6.00. The Hall–Kier alpha value is -2.15. The number of halogens is 1. The minimum Gasteiger partial charge on any atom is -0.497 e. The second-order valence-electron chi connectivity index (χ2n) is 7.88. The number of aliphatic hydroxyl groups excluding tert-OH is 1. The number of aliphatic hydroxyl groups is 1. The molecule has 0 radical (unpaired) electrons. The zero-order valence-electron chi connectivity index (χ0n) is 16.4. The molecule has 0 saturated carbocycles. The molecule has 2 fully saturated rings. The summed E-state index contributed by atoms with van der Waals surface area (Å²) in [6, 6.07) is 4.60. The number of hydrogen-bond acceptors (Lipinski definition) is 4. The highest BCUT2D eigenvalue weighted by atomic mass is 19.1. The van der Waals surface area contributed by atoms with Crippen molar-refractivity contribution in [1.82, 2.24) is 10.2 Å². The maximum Gasteiger partial charge on any atom is 0.222 e. The lowest BCUT2D eigenvalue weighted by Crippen LogP contribution is -2.48. The number of nitrogens with zero attached hydrogens (tertiary/aromatic N) is 1. The lowest BCUT2D eigenvalue weighted by molar-refractivity contribution is -0.136. The van der Waals surface area contributed by atoms with E-state index in [1.165, 1.54) is 13.2 Å². The standard InChI is InChI=1S/C21H29FN2O4/c1-28-17-6-5-15(18(22)12-17)13-21(9-7-19(26)23-21)10-8-20(27)24-11-3-2-4-16(24)14-25/h5-6,12,16,25H,2-4,7-11,13-14H2,1H3,(H,23,26). The van der Waals surface area contributed by atoms with Gasteiger partial charge in [0.2, 0.25) is 11.8 Å². The second-order valence-corrected chi connectivity index (χ2v) is 7.88. The number of carbonyl (C=O) groups is 2. The van der Waals surface area contributed by atoms with E-state index in [0.29, 0.717) is 43.5 Å². The molecule has 2 N–H and O–H groups in total. The fourth-order valence-corrected chi connectivity index (χ4v) is 4.35. The van der Waals surface area contributed by atoms with Gasteiger partial charge in [0.15, 0.2) is 0 Å². The summed E-state index contributed by atoms with van der Waals surface area (Å²) in [7, 11) is 1.49. The highest BCUT2D eigenvalue weighted by molar-refractivity contribution is 5.80. The molecule has 1 aromatic rings. The fraction of sp³-hybridized carbons (Fsp3) is 0.619. The average molecular weight is 392 g/mol. The van der Waals surface area contributed by atoms with Gasteiger partial charge in [0, 0.05) is 31.0 Å². The van der Waals surface area contributed by atoms with E-state index in [1.807, 2.05) is 0 Å². The molecule has 7 heteroatoms. The van der Waals surface area contributed by atoms with E-state index in [-0.39, 0.29) is 36.7 Å². The summed E-state index contributed by atoms with van der Waals surface area (Å²) in [5, 5.41) is 12.5. The van der Waals surface area contributed by atoms with Gasteiger partial charge in [0.05, 0.1) is 19.8 Å². The highest BCUT2D eigenvalue weighted by Gasteiger charge is 2.39. The van der Waals surface area contributed by atoms with Crippen LogP contribution in [0.5, 0.6) is 5.75 Å². The Bertz CT molecular complexity index is 726. The molecule has 2 aliphatic heterocycles. The fourth-order valence-electron chi connectivity index (χ4n) is 4.35. The van der Waals surface area contributed by atoms with Crippen LogP contribution in [0.3, 0.4) is 0 Å². The molecule has 0 aromatic heterocycles. The summed E-state index contributed by atoms with van der Waals surface area (Å²) in [6.45, 7) is 0.640. The normalized spacial score (nSPS) is 24.9. The summed E-state index contributed by atoms with van der Waals surface area (Å²) in [5.41, 5.74) is -0.117. The first-order valence-electron chi connectivity index (χ1n) is 10.00. The van der Waals surface area contributed by atoms with E-state index in [0.717, 1.165) is 19.3 Å². The zero-order valence-corrected chi connectivity index (χ0v) is 16.4. The van der Waals surface area contributed by atoms with Crippen LogP contribution in [0.15, 0.2) is 18.2 Å². The summed E-state index contributed by atoms with van der Waals surface area (Å²) in [6.07, 6.45) is 4.81. The van der Waals surface area contributed by atoms with Crippen LogP contribution >= 0.6 is 0 Å². The van der Waals surface area contributed by atoms with E-state index in [1.54, 1.807) is 17.0 Å². The first-order valence-corrected chi connectivity index (χ1v) is 10.00. The van der Waals surface area contributed by atoms with Crippen LogP contribution in [0.2, 0.25) is 0 Å². The SMILES string of the molecule is COc1ccc(CC2(CCC(=O)N3CCCCC3CO)CCC(=O)N2)c(F)c1. The molecule has 2 atom stereocenters. The van der Waals surface area contributed by atoms with Crippen LogP contribution in [0.4, 0.5) is 4.39 Å². The molecule has 154 valence electrons. The lowest BCUT2D eigenvalue weighted by atomic mass is 9.84. The number of methoxy groups -OCH3 is 1. The van der Waals surface area contributed by atoms with E-state index >= 15 is 0 Å². The van der Waals surface area contributed by atoms with Gasteiger partial charge < -0.3 is 20.1 Å². The molecule has 2 heterocycles. The molecule has 2 unspecified atom stereocenters. The second kappa shape index (κ2) is 8.90. The molecular formula is C21H29FN2O4. The zero-order chi connectivity index (χ0) is 20.1. The number of carbonyl (C=O) groups excluding carboxylic acids is 2. The van der Waals surface area contributed by atoms with Gasteiger partial charge in [0.1, 0.15) is 11.6 Å². The van der Waals surface area contributed by atoms with Gasteiger partial charge in [-0.1, -0.05) is 6.07 Å². The number of rotatable bonds is 7. The third kappa shape index (κ3) is 4.63. The van der Waals surface area contributed by atoms with E-state index < -0.39 is 5.54 Å².